The SMILES string of the molecule is Cc1ccc(CSC2=CC=NC3=[N+](C)C(=O)N(C)C(=O)C23)cc1. The van der Waals surface area contributed by atoms with Gasteiger partial charge in [-0.15, -0.1) is 16.8 Å². The Morgan fingerprint density at radius 2 is 1.96 bits per heavy atom. The molecule has 1 unspecified atom stereocenters. The molecule has 2 aliphatic heterocycles. The van der Waals surface area contributed by atoms with Gasteiger partial charge in [-0.3, -0.25) is 4.79 Å². The molecule has 0 saturated heterocycles. The van der Waals surface area contributed by atoms with Crippen molar-refractivity contribution in [3.05, 3.63) is 46.4 Å². The molecule has 0 saturated carbocycles. The van der Waals surface area contributed by atoms with Crippen LogP contribution in [0.3, 0.4) is 0 Å². The van der Waals surface area contributed by atoms with Crippen LogP contribution < -0.4 is 0 Å². The summed E-state index contributed by atoms with van der Waals surface area (Å²) in [6.45, 7) is 2.06. The Bertz CT molecular complexity index is 763. The van der Waals surface area contributed by atoms with Gasteiger partial charge in [0.05, 0.1) is 14.1 Å². The minimum atomic E-state index is -0.483. The van der Waals surface area contributed by atoms with Crippen LogP contribution in [-0.2, 0) is 10.5 Å². The number of amides is 3. The number of amidine groups is 1. The van der Waals surface area contributed by atoms with Crippen molar-refractivity contribution < 1.29 is 14.2 Å². The average Bonchev–Trinajstić information content (AvgIpc) is 2.57. The summed E-state index contributed by atoms with van der Waals surface area (Å²) < 4.78 is 1.45. The highest BCUT2D eigenvalue weighted by Gasteiger charge is 2.46. The third kappa shape index (κ3) is 2.86. The summed E-state index contributed by atoms with van der Waals surface area (Å²) in [6.07, 6.45) is 3.52. The second-order valence-electron chi connectivity index (χ2n) is 5.65. The molecule has 6 heteroatoms. The van der Waals surface area contributed by atoms with Crippen LogP contribution in [0.4, 0.5) is 4.79 Å². The van der Waals surface area contributed by atoms with Gasteiger partial charge >= 0.3 is 11.9 Å². The van der Waals surface area contributed by atoms with E-state index in [1.54, 1.807) is 25.0 Å². The van der Waals surface area contributed by atoms with E-state index in [1.165, 1.54) is 22.8 Å². The second-order valence-corrected chi connectivity index (χ2v) is 6.70. The van der Waals surface area contributed by atoms with E-state index in [-0.39, 0.29) is 11.9 Å². The monoisotopic (exact) mass is 328 g/mol. The lowest BCUT2D eigenvalue weighted by atomic mass is 10.0. The molecule has 0 radical (unpaired) electrons. The van der Waals surface area contributed by atoms with Gasteiger partial charge in [0, 0.05) is 10.7 Å². The van der Waals surface area contributed by atoms with Crippen LogP contribution in [0.15, 0.2) is 40.2 Å². The molecule has 1 aromatic rings. The number of imide groups is 1. The first kappa shape index (κ1) is 15.7. The lowest BCUT2D eigenvalue weighted by Crippen LogP contribution is -2.52. The fourth-order valence-corrected chi connectivity index (χ4v) is 3.65. The van der Waals surface area contributed by atoms with Crippen molar-refractivity contribution in [2.24, 2.45) is 10.9 Å². The highest BCUT2D eigenvalue weighted by molar-refractivity contribution is 8.02. The molecule has 3 rings (SSSR count). The molecule has 2 aliphatic rings. The number of nitrogens with zero attached hydrogens (tertiary/aromatic N) is 3. The van der Waals surface area contributed by atoms with Crippen molar-refractivity contribution in [2.75, 3.05) is 14.1 Å². The molecule has 118 valence electrons. The Kier molecular flexibility index (Phi) is 4.17. The third-order valence-corrected chi connectivity index (χ3v) is 5.19. The van der Waals surface area contributed by atoms with Gasteiger partial charge in [0.15, 0.2) is 5.92 Å². The lowest BCUT2D eigenvalue weighted by molar-refractivity contribution is -0.407. The van der Waals surface area contributed by atoms with E-state index in [4.69, 9.17) is 0 Å². The Hall–Kier alpha value is -2.21. The number of hydrogen-bond acceptors (Lipinski definition) is 4. The maximum Gasteiger partial charge on any atom is 0.445 e. The summed E-state index contributed by atoms with van der Waals surface area (Å²) in [7, 11) is 3.16. The van der Waals surface area contributed by atoms with Crippen LogP contribution >= 0.6 is 11.8 Å². The molecule has 0 bridgehead atoms. The van der Waals surface area contributed by atoms with Crippen molar-refractivity contribution in [3.8, 4) is 0 Å². The van der Waals surface area contributed by atoms with E-state index >= 15 is 0 Å². The second kappa shape index (κ2) is 6.12. The Labute approximate surface area is 139 Å². The Balaban J connectivity index is 1.84. The molecule has 0 aromatic heterocycles. The molecule has 23 heavy (non-hydrogen) atoms. The number of fused-ring (bicyclic) bond motifs is 1. The first-order valence-corrected chi connectivity index (χ1v) is 8.32. The van der Waals surface area contributed by atoms with E-state index in [9.17, 15) is 9.59 Å². The maximum atomic E-state index is 12.5. The fourth-order valence-electron chi connectivity index (χ4n) is 2.59. The third-order valence-electron chi connectivity index (χ3n) is 4.01. The summed E-state index contributed by atoms with van der Waals surface area (Å²) in [5.74, 6) is 0.580. The van der Waals surface area contributed by atoms with Crippen molar-refractivity contribution in [3.63, 3.8) is 0 Å². The van der Waals surface area contributed by atoms with Gasteiger partial charge in [0.1, 0.15) is 6.21 Å². The van der Waals surface area contributed by atoms with Crippen LogP contribution in [0.25, 0.3) is 0 Å². The number of allylic oxidation sites excluding steroid dienone is 1. The first-order chi connectivity index (χ1) is 11.0. The summed E-state index contributed by atoms with van der Waals surface area (Å²) in [4.78, 5) is 30.9. The van der Waals surface area contributed by atoms with Gasteiger partial charge in [0.25, 0.3) is 5.84 Å². The largest absolute Gasteiger partial charge is 0.445 e. The summed E-state index contributed by atoms with van der Waals surface area (Å²) in [5.41, 5.74) is 2.43. The number of thioether (sulfide) groups is 1. The molecular formula is C17H18N3O2S+. The zero-order valence-electron chi connectivity index (χ0n) is 13.3. The number of carbonyl (C=O) groups excluding carboxylic acids is 2. The maximum absolute atomic E-state index is 12.5. The molecule has 1 aromatic carbocycles. The number of aryl methyl sites for hydroxylation is 1. The Morgan fingerprint density at radius 3 is 2.65 bits per heavy atom. The molecule has 0 N–H and O–H groups in total. The lowest BCUT2D eigenvalue weighted by Gasteiger charge is -2.26. The summed E-state index contributed by atoms with van der Waals surface area (Å²) in [6, 6.07) is 8.00. The zero-order chi connectivity index (χ0) is 16.6. The molecule has 0 aliphatic carbocycles. The van der Waals surface area contributed by atoms with Gasteiger partial charge in [-0.25, -0.2) is 4.79 Å². The topological polar surface area (TPSA) is 52.8 Å². The highest BCUT2D eigenvalue weighted by atomic mass is 32.2. The van der Waals surface area contributed by atoms with Crippen molar-refractivity contribution in [1.29, 1.82) is 0 Å². The number of urea groups is 1. The predicted molar refractivity (Wildman–Crippen MR) is 91.9 cm³/mol. The summed E-state index contributed by atoms with van der Waals surface area (Å²) >= 11 is 1.61. The van der Waals surface area contributed by atoms with Crippen LogP contribution in [0.2, 0.25) is 0 Å². The average molecular weight is 328 g/mol. The van der Waals surface area contributed by atoms with E-state index < -0.39 is 5.92 Å². The van der Waals surface area contributed by atoms with Crippen molar-refractivity contribution in [2.45, 2.75) is 12.7 Å². The minimum Gasteiger partial charge on any atom is -0.255 e. The van der Waals surface area contributed by atoms with Crippen LogP contribution in [0.5, 0.6) is 0 Å². The molecular weight excluding hydrogens is 310 g/mol. The van der Waals surface area contributed by atoms with Crippen molar-refractivity contribution >= 4 is 35.8 Å². The zero-order valence-corrected chi connectivity index (χ0v) is 14.1. The van der Waals surface area contributed by atoms with Gasteiger partial charge in [-0.2, -0.15) is 9.48 Å². The van der Waals surface area contributed by atoms with Gasteiger partial charge in [-0.05, 0) is 18.6 Å². The Morgan fingerprint density at radius 1 is 1.26 bits per heavy atom. The highest BCUT2D eigenvalue weighted by Crippen LogP contribution is 2.33. The number of dihydropyridines is 1. The number of benzene rings is 1. The number of hydrogen-bond donors (Lipinski definition) is 0. The van der Waals surface area contributed by atoms with Crippen LogP contribution in [0.1, 0.15) is 11.1 Å². The van der Waals surface area contributed by atoms with Gasteiger partial charge in [-0.1, -0.05) is 29.8 Å². The molecule has 3 amide bonds. The number of rotatable bonds is 3. The van der Waals surface area contributed by atoms with Gasteiger partial charge < -0.3 is 0 Å². The predicted octanol–water partition coefficient (Wildman–Crippen LogP) is 2.45. The van der Waals surface area contributed by atoms with Crippen LogP contribution in [-0.4, -0.2) is 47.6 Å². The minimum absolute atomic E-state index is 0.220. The van der Waals surface area contributed by atoms with Crippen molar-refractivity contribution in [1.82, 2.24) is 4.90 Å². The van der Waals surface area contributed by atoms with E-state index in [0.717, 1.165) is 15.6 Å². The molecule has 2 heterocycles. The molecule has 0 spiro atoms. The number of carbonyl (C=O) groups is 2. The standard InChI is InChI=1S/C17H18N3O2S/c1-11-4-6-12(7-5-11)10-23-13-8-9-18-15-14(13)16(21)20(3)17(22)19(15)2/h4-9,14H,10H2,1-3H3/q+1. The van der Waals surface area contributed by atoms with E-state index in [0.29, 0.717) is 5.84 Å². The number of aliphatic imine (C=N–C) groups is 1. The first-order valence-electron chi connectivity index (χ1n) is 7.33. The van der Waals surface area contributed by atoms with E-state index in [1.807, 2.05) is 6.08 Å². The molecule has 5 nitrogen and oxygen atoms in total. The summed E-state index contributed by atoms with van der Waals surface area (Å²) in [5, 5.41) is 0. The van der Waals surface area contributed by atoms with E-state index in [2.05, 4.69) is 36.2 Å². The molecule has 0 fully saturated rings. The smallest absolute Gasteiger partial charge is 0.255 e. The molecule has 1 atom stereocenters. The van der Waals surface area contributed by atoms with Crippen LogP contribution in [0, 0.1) is 12.8 Å². The normalized spacial score (nSPS) is 20.7. The fraction of sp³-hybridized carbons (Fsp3) is 0.294. The van der Waals surface area contributed by atoms with Gasteiger partial charge in [0.2, 0.25) is 0 Å². The quantitative estimate of drug-likeness (QED) is 0.801.